The summed E-state index contributed by atoms with van der Waals surface area (Å²) in [6.07, 6.45) is -0.368. The number of nitrogens with zero attached hydrogens (tertiary/aromatic N) is 3. The lowest BCUT2D eigenvalue weighted by Crippen LogP contribution is -2.50. The second kappa shape index (κ2) is 11.3. The minimum Gasteiger partial charge on any atom is -0.497 e. The Kier molecular flexibility index (Phi) is 8.45. The van der Waals surface area contributed by atoms with Crippen LogP contribution in [0.1, 0.15) is 24.2 Å². The van der Waals surface area contributed by atoms with Crippen molar-refractivity contribution in [3.63, 3.8) is 0 Å². The van der Waals surface area contributed by atoms with Gasteiger partial charge in [-0.2, -0.15) is 0 Å². The van der Waals surface area contributed by atoms with Crippen molar-refractivity contribution < 1.29 is 24.2 Å². The maximum Gasteiger partial charge on any atom is 0.321 e. The van der Waals surface area contributed by atoms with Gasteiger partial charge >= 0.3 is 6.03 Å². The molecule has 2 N–H and O–H groups in total. The number of rotatable bonds is 7. The first-order valence-electron chi connectivity index (χ1n) is 11.7. The number of amides is 3. The average Bonchev–Trinajstić information content (AvgIpc) is 2.85. The van der Waals surface area contributed by atoms with E-state index in [1.807, 2.05) is 45.0 Å². The monoisotopic (exact) mass is 484 g/mol. The normalized spacial score (nSPS) is 18.5. The summed E-state index contributed by atoms with van der Waals surface area (Å²) in [5.74, 6) is 0.906. The largest absolute Gasteiger partial charge is 0.497 e. The molecule has 2 aromatic rings. The minimum absolute atomic E-state index is 0.0918. The molecule has 3 atom stereocenters. The first-order valence-corrected chi connectivity index (χ1v) is 11.7. The van der Waals surface area contributed by atoms with E-state index in [1.54, 1.807) is 54.3 Å². The second-order valence-corrected chi connectivity index (χ2v) is 9.24. The minimum atomic E-state index is -0.368. The molecule has 1 heterocycles. The molecule has 9 nitrogen and oxygen atoms in total. The fourth-order valence-electron chi connectivity index (χ4n) is 3.95. The summed E-state index contributed by atoms with van der Waals surface area (Å²) >= 11 is 0. The Hall–Kier alpha value is -3.46. The fraction of sp³-hybridized carbons (Fsp3) is 0.462. The van der Waals surface area contributed by atoms with E-state index in [2.05, 4.69) is 5.32 Å². The topological polar surface area (TPSA) is 94.6 Å². The highest BCUT2D eigenvalue weighted by atomic mass is 16.5. The van der Waals surface area contributed by atoms with Crippen molar-refractivity contribution in [3.05, 3.63) is 48.0 Å². The number of benzene rings is 2. The van der Waals surface area contributed by atoms with Crippen LogP contribution >= 0.6 is 0 Å². The van der Waals surface area contributed by atoms with Gasteiger partial charge in [0.2, 0.25) is 0 Å². The SMILES string of the molecule is COc1ccc(NC(=O)N(C)C[C@@H]2Oc3ccc(N(C)C)cc3C(=O)N([C@@H](C)CO)C[C@H]2C)cc1. The Morgan fingerprint density at radius 3 is 2.51 bits per heavy atom. The zero-order valence-electron chi connectivity index (χ0n) is 21.3. The molecule has 2 aromatic carbocycles. The predicted octanol–water partition coefficient (Wildman–Crippen LogP) is 3.15. The van der Waals surface area contributed by atoms with Crippen LogP contribution < -0.4 is 19.7 Å². The predicted molar refractivity (Wildman–Crippen MR) is 137 cm³/mol. The van der Waals surface area contributed by atoms with Gasteiger partial charge < -0.3 is 34.6 Å². The number of nitrogens with one attached hydrogen (secondary N) is 1. The maximum atomic E-state index is 13.4. The van der Waals surface area contributed by atoms with Gasteiger partial charge in [0.05, 0.1) is 31.9 Å². The van der Waals surface area contributed by atoms with Crippen molar-refractivity contribution in [2.75, 3.05) is 58.2 Å². The van der Waals surface area contributed by atoms with Crippen LogP contribution in [-0.4, -0.2) is 86.9 Å². The van der Waals surface area contributed by atoms with E-state index in [4.69, 9.17) is 9.47 Å². The Morgan fingerprint density at radius 1 is 1.23 bits per heavy atom. The highest BCUT2D eigenvalue weighted by molar-refractivity contribution is 5.98. The molecule has 1 aliphatic rings. The molecular formula is C26H36N4O5. The van der Waals surface area contributed by atoms with Gasteiger partial charge in [-0.15, -0.1) is 0 Å². The second-order valence-electron chi connectivity index (χ2n) is 9.24. The third kappa shape index (κ3) is 6.16. The summed E-state index contributed by atoms with van der Waals surface area (Å²) < 4.78 is 11.5. The van der Waals surface area contributed by atoms with E-state index in [1.165, 1.54) is 0 Å². The molecule has 0 unspecified atom stereocenters. The molecule has 0 spiro atoms. The van der Waals surface area contributed by atoms with Gasteiger partial charge in [0.1, 0.15) is 17.6 Å². The lowest BCUT2D eigenvalue weighted by molar-refractivity contribution is 0.0371. The Bertz CT molecular complexity index is 1030. The van der Waals surface area contributed by atoms with Crippen molar-refractivity contribution in [1.29, 1.82) is 0 Å². The smallest absolute Gasteiger partial charge is 0.321 e. The lowest BCUT2D eigenvalue weighted by atomic mass is 9.99. The van der Waals surface area contributed by atoms with Crippen molar-refractivity contribution >= 4 is 23.3 Å². The van der Waals surface area contributed by atoms with Crippen LogP contribution in [0.2, 0.25) is 0 Å². The zero-order valence-corrected chi connectivity index (χ0v) is 21.3. The fourth-order valence-corrected chi connectivity index (χ4v) is 3.95. The van der Waals surface area contributed by atoms with E-state index < -0.39 is 0 Å². The zero-order chi connectivity index (χ0) is 25.7. The highest BCUT2D eigenvalue weighted by Gasteiger charge is 2.34. The van der Waals surface area contributed by atoms with Crippen LogP contribution in [0.25, 0.3) is 0 Å². The number of aliphatic hydroxyl groups is 1. The van der Waals surface area contributed by atoms with Crippen molar-refractivity contribution in [2.45, 2.75) is 26.0 Å². The summed E-state index contributed by atoms with van der Waals surface area (Å²) in [6.45, 7) is 4.38. The number of hydrogen-bond donors (Lipinski definition) is 2. The summed E-state index contributed by atoms with van der Waals surface area (Å²) in [4.78, 5) is 31.5. The number of methoxy groups -OCH3 is 1. The summed E-state index contributed by atoms with van der Waals surface area (Å²) in [7, 11) is 7.12. The summed E-state index contributed by atoms with van der Waals surface area (Å²) in [6, 6.07) is 12.0. The molecule has 35 heavy (non-hydrogen) atoms. The van der Waals surface area contributed by atoms with Gasteiger partial charge in [-0.3, -0.25) is 4.79 Å². The molecule has 0 fully saturated rings. The molecule has 0 radical (unpaired) electrons. The van der Waals surface area contributed by atoms with Crippen molar-refractivity contribution in [3.8, 4) is 11.5 Å². The molecule has 9 heteroatoms. The maximum absolute atomic E-state index is 13.4. The Morgan fingerprint density at radius 2 is 1.91 bits per heavy atom. The van der Waals surface area contributed by atoms with E-state index in [0.29, 0.717) is 35.8 Å². The molecular weight excluding hydrogens is 448 g/mol. The number of anilines is 2. The number of hydrogen-bond acceptors (Lipinski definition) is 6. The quantitative estimate of drug-likeness (QED) is 0.627. The average molecular weight is 485 g/mol. The first kappa shape index (κ1) is 26.2. The van der Waals surface area contributed by atoms with Crippen LogP contribution in [-0.2, 0) is 0 Å². The van der Waals surface area contributed by atoms with Gasteiger partial charge in [-0.05, 0) is 49.4 Å². The Balaban J connectivity index is 1.83. The third-order valence-corrected chi connectivity index (χ3v) is 6.31. The molecule has 0 aromatic heterocycles. The molecule has 0 saturated carbocycles. The summed E-state index contributed by atoms with van der Waals surface area (Å²) in [5.41, 5.74) is 1.97. The number of fused-ring (bicyclic) bond motifs is 1. The number of aliphatic hydroxyl groups excluding tert-OH is 1. The van der Waals surface area contributed by atoms with Gasteiger partial charge in [0.15, 0.2) is 0 Å². The lowest BCUT2D eigenvalue weighted by Gasteiger charge is -2.38. The van der Waals surface area contributed by atoms with Crippen LogP contribution in [0.3, 0.4) is 0 Å². The van der Waals surface area contributed by atoms with Crippen molar-refractivity contribution in [2.24, 2.45) is 5.92 Å². The summed E-state index contributed by atoms with van der Waals surface area (Å²) in [5, 5.41) is 12.7. The molecule has 0 aliphatic carbocycles. The van der Waals surface area contributed by atoms with Gasteiger partial charge in [-0.1, -0.05) is 6.92 Å². The molecule has 0 bridgehead atoms. The van der Waals surface area contributed by atoms with Gasteiger partial charge in [-0.25, -0.2) is 4.79 Å². The van der Waals surface area contributed by atoms with E-state index in [9.17, 15) is 14.7 Å². The van der Waals surface area contributed by atoms with Gasteiger partial charge in [0, 0.05) is 45.0 Å². The van der Waals surface area contributed by atoms with Crippen LogP contribution in [0, 0.1) is 5.92 Å². The Labute approximate surface area is 207 Å². The number of ether oxygens (including phenoxy) is 2. The van der Waals surface area contributed by atoms with E-state index in [0.717, 1.165) is 5.69 Å². The molecule has 190 valence electrons. The number of urea groups is 1. The third-order valence-electron chi connectivity index (χ3n) is 6.31. The van der Waals surface area contributed by atoms with Crippen LogP contribution in [0.4, 0.5) is 16.2 Å². The molecule has 1 aliphatic heterocycles. The van der Waals surface area contributed by atoms with Crippen LogP contribution in [0.5, 0.6) is 11.5 Å². The highest BCUT2D eigenvalue weighted by Crippen LogP contribution is 2.31. The van der Waals surface area contributed by atoms with Gasteiger partial charge in [0.25, 0.3) is 5.91 Å². The van der Waals surface area contributed by atoms with Crippen LogP contribution in [0.15, 0.2) is 42.5 Å². The molecule has 3 rings (SSSR count). The number of likely N-dealkylation sites (N-methyl/N-ethyl adjacent to an activating group) is 1. The first-order chi connectivity index (χ1) is 16.6. The molecule has 0 saturated heterocycles. The van der Waals surface area contributed by atoms with E-state index in [-0.39, 0.29) is 36.6 Å². The van der Waals surface area contributed by atoms with E-state index >= 15 is 0 Å². The number of carbonyl (C=O) groups is 2. The van der Waals surface area contributed by atoms with Crippen molar-refractivity contribution in [1.82, 2.24) is 9.80 Å². The standard InChI is InChI=1S/C26H36N4O5/c1-17-14-30(18(2)16-31)25(32)22-13-20(28(3)4)9-12-23(22)35-24(17)15-29(5)26(33)27-19-7-10-21(34-6)11-8-19/h7-13,17-18,24,31H,14-16H2,1-6H3,(H,27,33)/t17-,18+,24+/m1/s1. The number of carbonyl (C=O) groups excluding carboxylic acids is 2. The molecule has 3 amide bonds.